The van der Waals surface area contributed by atoms with Crippen molar-refractivity contribution in [3.8, 4) is 11.3 Å². The highest BCUT2D eigenvalue weighted by Gasteiger charge is 2.31. The highest BCUT2D eigenvalue weighted by Crippen LogP contribution is 2.31. The van der Waals surface area contributed by atoms with E-state index in [1.54, 1.807) is 18.2 Å². The van der Waals surface area contributed by atoms with E-state index in [0.717, 1.165) is 45.7 Å². The van der Waals surface area contributed by atoms with E-state index in [1.165, 1.54) is 13.0 Å². The molecule has 1 unspecified atom stereocenters. The van der Waals surface area contributed by atoms with Crippen molar-refractivity contribution < 1.29 is 23.0 Å². The first-order chi connectivity index (χ1) is 20.5. The summed E-state index contributed by atoms with van der Waals surface area (Å²) in [7, 11) is 0. The van der Waals surface area contributed by atoms with Crippen LogP contribution < -0.4 is 0 Å². The molecule has 1 heterocycles. The van der Waals surface area contributed by atoms with E-state index in [2.05, 4.69) is 9.30 Å². The van der Waals surface area contributed by atoms with E-state index in [0.29, 0.717) is 22.3 Å². The van der Waals surface area contributed by atoms with Crippen LogP contribution in [0.4, 0.5) is 13.2 Å². The van der Waals surface area contributed by atoms with Gasteiger partial charge in [-0.15, -0.1) is 13.2 Å². The second kappa shape index (κ2) is 14.7. The number of ether oxygens (including phenoxy) is 1. The van der Waals surface area contributed by atoms with Gasteiger partial charge in [-0.25, -0.2) is 4.98 Å². The van der Waals surface area contributed by atoms with Crippen molar-refractivity contribution in [2.75, 3.05) is 6.61 Å². The molecule has 9 heteroatoms. The zero-order valence-corrected chi connectivity index (χ0v) is 25.2. The van der Waals surface area contributed by atoms with E-state index < -0.39 is 12.5 Å². The Kier molecular flexibility index (Phi) is 11.0. The summed E-state index contributed by atoms with van der Waals surface area (Å²) >= 11 is 12.6. The van der Waals surface area contributed by atoms with Gasteiger partial charge >= 0.3 is 6.36 Å². The van der Waals surface area contributed by atoms with Gasteiger partial charge in [0.15, 0.2) is 0 Å². The second-order valence-electron chi connectivity index (χ2n) is 9.89. The van der Waals surface area contributed by atoms with Crippen LogP contribution in [0.5, 0.6) is 0 Å². The molecule has 0 spiro atoms. The summed E-state index contributed by atoms with van der Waals surface area (Å²) in [4.78, 5) is 4.87. The number of rotatable bonds is 10. The molecule has 0 bridgehead atoms. The van der Waals surface area contributed by atoms with Gasteiger partial charge < -0.3 is 9.67 Å². The van der Waals surface area contributed by atoms with Gasteiger partial charge in [0.2, 0.25) is 0 Å². The van der Waals surface area contributed by atoms with Crippen LogP contribution in [-0.4, -0.2) is 33.7 Å². The van der Waals surface area contributed by atoms with Crippen LogP contribution in [0.15, 0.2) is 102 Å². The van der Waals surface area contributed by atoms with Crippen molar-refractivity contribution in [3.05, 3.63) is 129 Å². The Bertz CT molecular complexity index is 1610. The number of hydrogen-bond acceptors (Lipinski definition) is 3. The lowest BCUT2D eigenvalue weighted by atomic mass is 10.0. The third kappa shape index (κ3) is 9.43. The topological polar surface area (TPSA) is 47.3 Å². The third-order valence-electron chi connectivity index (χ3n) is 6.66. The Morgan fingerprint density at radius 3 is 2.56 bits per heavy atom. The molecule has 0 amide bonds. The highest BCUT2D eigenvalue weighted by molar-refractivity contribution is 6.36. The van der Waals surface area contributed by atoms with Gasteiger partial charge in [0.1, 0.15) is 5.82 Å². The number of benzene rings is 2. The molecule has 4 rings (SSSR count). The molecule has 1 aromatic heterocycles. The first kappa shape index (κ1) is 32.3. The fourth-order valence-corrected chi connectivity index (χ4v) is 4.98. The molecule has 1 aliphatic rings. The molecule has 0 fully saturated rings. The molecular weight excluding hydrogens is 596 g/mol. The predicted molar refractivity (Wildman–Crippen MR) is 169 cm³/mol. The summed E-state index contributed by atoms with van der Waals surface area (Å²) in [5.74, 6) is 0.723. The van der Waals surface area contributed by atoms with Crippen molar-refractivity contribution >= 4 is 40.9 Å². The third-order valence-corrected chi connectivity index (χ3v) is 7.21. The van der Waals surface area contributed by atoms with Crippen LogP contribution in [0, 0.1) is 0 Å². The Hall–Kier alpha value is -3.62. The monoisotopic (exact) mass is 626 g/mol. The van der Waals surface area contributed by atoms with Crippen molar-refractivity contribution in [1.82, 2.24) is 9.55 Å². The van der Waals surface area contributed by atoms with Gasteiger partial charge in [-0.1, -0.05) is 96.1 Å². The fourth-order valence-electron chi connectivity index (χ4n) is 4.47. The number of halogens is 5. The Morgan fingerprint density at radius 2 is 1.88 bits per heavy atom. The molecule has 0 saturated heterocycles. The van der Waals surface area contributed by atoms with Gasteiger partial charge in [0.25, 0.3) is 0 Å². The van der Waals surface area contributed by atoms with Crippen LogP contribution in [0.1, 0.15) is 37.2 Å². The summed E-state index contributed by atoms with van der Waals surface area (Å²) in [6.07, 6.45) is 13.5. The maximum atomic E-state index is 12.5. The number of hydrogen-bond donors (Lipinski definition) is 1. The number of aliphatic hydroxyl groups excluding tert-OH is 1. The molecule has 0 saturated carbocycles. The zero-order chi connectivity index (χ0) is 31.0. The van der Waals surface area contributed by atoms with Gasteiger partial charge in [-0.3, -0.25) is 4.74 Å². The Balaban J connectivity index is 1.58. The quantitative estimate of drug-likeness (QED) is 0.228. The van der Waals surface area contributed by atoms with E-state index >= 15 is 0 Å². The largest absolute Gasteiger partial charge is 0.523 e. The molecule has 1 atom stereocenters. The van der Waals surface area contributed by atoms with E-state index in [9.17, 15) is 18.3 Å². The van der Waals surface area contributed by atoms with Crippen molar-refractivity contribution in [2.24, 2.45) is 0 Å². The molecule has 4 nitrogen and oxygen atoms in total. The van der Waals surface area contributed by atoms with Crippen molar-refractivity contribution in [2.45, 2.75) is 39.3 Å². The van der Waals surface area contributed by atoms with Crippen molar-refractivity contribution in [1.29, 1.82) is 0 Å². The second-order valence-corrected chi connectivity index (χ2v) is 10.7. The Morgan fingerprint density at radius 1 is 1.12 bits per heavy atom. The molecular formula is C34H31Cl2F3N2O2. The van der Waals surface area contributed by atoms with Gasteiger partial charge in [0, 0.05) is 23.3 Å². The molecule has 43 heavy (non-hydrogen) atoms. The summed E-state index contributed by atoms with van der Waals surface area (Å²) in [6.45, 7) is 3.74. The maximum absolute atomic E-state index is 12.5. The smallest absolute Gasteiger partial charge is 0.392 e. The SMILES string of the molecule is C/C=C(\C=C/C(C)OC(F)(F)F)c1ccc(/C=C/c2nc(-c3ccc(Cl)cc3Cl)cn2CC2=CC=C(CO)C=CC2)cc1. The summed E-state index contributed by atoms with van der Waals surface area (Å²) in [5.41, 5.74) is 6.02. The molecule has 1 N–H and O–H groups in total. The van der Waals surface area contributed by atoms with Gasteiger partial charge in [-0.2, -0.15) is 0 Å². The molecule has 1 aliphatic carbocycles. The number of alkyl halides is 3. The lowest BCUT2D eigenvalue weighted by molar-refractivity contribution is -0.334. The number of nitrogens with zero attached hydrogens (tertiary/aromatic N) is 2. The summed E-state index contributed by atoms with van der Waals surface area (Å²) < 4.78 is 43.5. The van der Waals surface area contributed by atoms with Crippen LogP contribution >= 0.6 is 23.2 Å². The fraction of sp³-hybridized carbons (Fsp3) is 0.206. The minimum Gasteiger partial charge on any atom is -0.392 e. The van der Waals surface area contributed by atoms with Crippen LogP contribution in [0.3, 0.4) is 0 Å². The molecule has 2 aromatic carbocycles. The van der Waals surface area contributed by atoms with Crippen LogP contribution in [0.2, 0.25) is 10.0 Å². The average Bonchev–Trinajstić information content (AvgIpc) is 3.20. The zero-order valence-electron chi connectivity index (χ0n) is 23.7. The maximum Gasteiger partial charge on any atom is 0.523 e. The lowest BCUT2D eigenvalue weighted by Gasteiger charge is -2.11. The van der Waals surface area contributed by atoms with E-state index in [1.807, 2.05) is 86.0 Å². The van der Waals surface area contributed by atoms with Crippen molar-refractivity contribution in [3.63, 3.8) is 0 Å². The standard InChI is InChI=1S/C34H31Cl2F3N2O2/c1-3-27(13-7-23(2)43-34(37,38)39)28-14-10-24(11-15-28)12-18-33-40-32(30-17-16-29(35)19-31(30)36)21-41(33)20-25-5-4-6-26(22-42)9-8-25/h3-4,6-19,21,23,42H,5,20,22H2,1-2H3/b13-7-,18-12+,27-3+. The number of allylic oxidation sites excluding steroid dienone is 7. The average molecular weight is 628 g/mol. The predicted octanol–water partition coefficient (Wildman–Crippen LogP) is 9.72. The van der Waals surface area contributed by atoms with Gasteiger partial charge in [-0.05, 0) is 72.4 Å². The number of aromatic nitrogens is 2. The molecule has 0 radical (unpaired) electrons. The normalized spacial score (nSPS) is 15.2. The van der Waals surface area contributed by atoms with Crippen LogP contribution in [-0.2, 0) is 11.3 Å². The van der Waals surface area contributed by atoms with Gasteiger partial charge in [0.05, 0.1) is 23.4 Å². The van der Waals surface area contributed by atoms with E-state index in [4.69, 9.17) is 28.2 Å². The minimum absolute atomic E-state index is 0.0191. The first-order valence-electron chi connectivity index (χ1n) is 13.6. The molecule has 224 valence electrons. The Labute approximate surface area is 259 Å². The first-order valence-corrected chi connectivity index (χ1v) is 14.4. The minimum atomic E-state index is -4.69. The summed E-state index contributed by atoms with van der Waals surface area (Å²) in [5, 5.41) is 10.5. The number of aliphatic hydroxyl groups is 1. The van der Waals surface area contributed by atoms with E-state index in [-0.39, 0.29) is 6.61 Å². The molecule has 3 aromatic rings. The highest BCUT2D eigenvalue weighted by atomic mass is 35.5. The summed E-state index contributed by atoms with van der Waals surface area (Å²) in [6, 6.07) is 13.0. The van der Waals surface area contributed by atoms with Crippen LogP contribution in [0.25, 0.3) is 29.0 Å². The lowest BCUT2D eigenvalue weighted by Crippen LogP contribution is -2.19. The number of imidazole rings is 1. The molecule has 0 aliphatic heterocycles.